The van der Waals surface area contributed by atoms with Crippen molar-refractivity contribution in [1.29, 1.82) is 0 Å². The van der Waals surface area contributed by atoms with Crippen molar-refractivity contribution in [3.63, 3.8) is 0 Å². The van der Waals surface area contributed by atoms with Crippen LogP contribution in [0.25, 0.3) is 0 Å². The monoisotopic (exact) mass is 229 g/mol. The van der Waals surface area contributed by atoms with Crippen LogP contribution in [0.1, 0.15) is 22.2 Å². The van der Waals surface area contributed by atoms with Crippen LogP contribution in [0.5, 0.6) is 0 Å². The van der Waals surface area contributed by atoms with Gasteiger partial charge in [-0.1, -0.05) is 0 Å². The average Bonchev–Trinajstić information content (AvgIpc) is 2.27. The number of carboxylic acids is 1. The predicted octanol–water partition coefficient (Wildman–Crippen LogP) is 0.104. The molecule has 0 aliphatic carbocycles. The van der Waals surface area contributed by atoms with E-state index >= 15 is 0 Å². The summed E-state index contributed by atoms with van der Waals surface area (Å²) >= 11 is 3.83. The lowest BCUT2D eigenvalue weighted by atomic mass is 10.1. The van der Waals surface area contributed by atoms with E-state index in [1.54, 1.807) is 0 Å². The molecule has 0 amide bonds. The fraction of sp³-hybridized carbons (Fsp3) is 0.333. The van der Waals surface area contributed by atoms with Crippen LogP contribution in [0.2, 0.25) is 0 Å². The number of aliphatic hydroxyl groups excluding tert-OH is 2. The van der Waals surface area contributed by atoms with Crippen LogP contribution in [0, 0.1) is 0 Å². The first kappa shape index (κ1) is 12.0. The highest BCUT2D eigenvalue weighted by Crippen LogP contribution is 2.17. The summed E-state index contributed by atoms with van der Waals surface area (Å²) in [4.78, 5) is 14.2. The molecule has 2 unspecified atom stereocenters. The van der Waals surface area contributed by atoms with Crippen LogP contribution < -0.4 is 0 Å². The van der Waals surface area contributed by atoms with Gasteiger partial charge in [0.05, 0.1) is 6.10 Å². The van der Waals surface area contributed by atoms with Crippen LogP contribution >= 0.6 is 12.6 Å². The van der Waals surface area contributed by atoms with Gasteiger partial charge in [0.15, 0.2) is 0 Å². The summed E-state index contributed by atoms with van der Waals surface area (Å²) in [6.45, 7) is 0. The molecule has 6 heteroatoms. The van der Waals surface area contributed by atoms with Gasteiger partial charge in [0.25, 0.3) is 0 Å². The Balaban J connectivity index is 2.94. The molecule has 0 saturated carbocycles. The standard InChI is InChI=1S/C9H11NO4S/c11-7(4-15)8(12)5-1-2-10-6(3-5)9(13)14/h1-3,7-8,11-12,15H,4H2,(H,13,14). The minimum absolute atomic E-state index is 0.0892. The molecule has 0 bridgehead atoms. The van der Waals surface area contributed by atoms with Gasteiger partial charge < -0.3 is 15.3 Å². The summed E-state index contributed by atoms with van der Waals surface area (Å²) in [6, 6.07) is 2.67. The Morgan fingerprint density at radius 3 is 2.73 bits per heavy atom. The van der Waals surface area contributed by atoms with Crippen LogP contribution in [0.4, 0.5) is 0 Å². The molecule has 0 fully saturated rings. The van der Waals surface area contributed by atoms with Gasteiger partial charge in [0.2, 0.25) is 0 Å². The molecule has 0 saturated heterocycles. The van der Waals surface area contributed by atoms with E-state index in [2.05, 4.69) is 17.6 Å². The summed E-state index contributed by atoms with van der Waals surface area (Å²) in [6.07, 6.45) is -0.909. The number of rotatable bonds is 4. The van der Waals surface area contributed by atoms with E-state index in [0.717, 1.165) is 0 Å². The van der Waals surface area contributed by atoms with Crippen LogP contribution in [0.3, 0.4) is 0 Å². The maximum absolute atomic E-state index is 10.6. The minimum Gasteiger partial charge on any atom is -0.477 e. The number of hydrogen-bond acceptors (Lipinski definition) is 5. The lowest BCUT2D eigenvalue weighted by Gasteiger charge is -2.15. The zero-order valence-electron chi connectivity index (χ0n) is 7.74. The first-order valence-corrected chi connectivity index (χ1v) is 4.85. The van der Waals surface area contributed by atoms with Gasteiger partial charge in [-0.25, -0.2) is 9.78 Å². The number of thiol groups is 1. The van der Waals surface area contributed by atoms with Crippen molar-refractivity contribution in [2.24, 2.45) is 0 Å². The van der Waals surface area contributed by atoms with Gasteiger partial charge in [-0.15, -0.1) is 0 Å². The Morgan fingerprint density at radius 2 is 2.20 bits per heavy atom. The Hall–Kier alpha value is -1.11. The zero-order chi connectivity index (χ0) is 11.4. The molecule has 0 aromatic carbocycles. The smallest absolute Gasteiger partial charge is 0.354 e. The quantitative estimate of drug-likeness (QED) is 0.550. The Morgan fingerprint density at radius 1 is 1.53 bits per heavy atom. The summed E-state index contributed by atoms with van der Waals surface area (Å²) in [7, 11) is 0. The number of hydrogen-bond donors (Lipinski definition) is 4. The highest BCUT2D eigenvalue weighted by atomic mass is 32.1. The maximum Gasteiger partial charge on any atom is 0.354 e. The van der Waals surface area contributed by atoms with Crippen LogP contribution in [0.15, 0.2) is 18.3 Å². The molecule has 1 aromatic heterocycles. The molecule has 0 radical (unpaired) electrons. The second kappa shape index (κ2) is 5.11. The molecule has 2 atom stereocenters. The molecule has 0 aliphatic rings. The van der Waals surface area contributed by atoms with E-state index in [1.165, 1.54) is 18.3 Å². The summed E-state index contributed by atoms with van der Waals surface area (Å²) in [5.41, 5.74) is 0.141. The van der Waals surface area contributed by atoms with Gasteiger partial charge in [-0.05, 0) is 17.7 Å². The third kappa shape index (κ3) is 2.92. The van der Waals surface area contributed by atoms with Crippen LogP contribution in [-0.4, -0.2) is 38.1 Å². The number of aliphatic hydroxyl groups is 2. The maximum atomic E-state index is 10.6. The fourth-order valence-electron chi connectivity index (χ4n) is 1.07. The molecular weight excluding hydrogens is 218 g/mol. The SMILES string of the molecule is O=C(O)c1cc(C(O)C(O)CS)ccn1. The number of carbonyl (C=O) groups is 1. The van der Waals surface area contributed by atoms with E-state index in [-0.39, 0.29) is 11.4 Å². The van der Waals surface area contributed by atoms with Crippen molar-refractivity contribution in [2.75, 3.05) is 5.75 Å². The number of aromatic carboxylic acids is 1. The molecular formula is C9H11NO4S. The summed E-state index contributed by atoms with van der Waals surface area (Å²) in [5, 5.41) is 27.6. The lowest BCUT2D eigenvalue weighted by molar-refractivity contribution is 0.0335. The molecule has 82 valence electrons. The van der Waals surface area contributed by atoms with E-state index in [0.29, 0.717) is 5.56 Å². The van der Waals surface area contributed by atoms with Gasteiger partial charge >= 0.3 is 5.97 Å². The first-order chi connectivity index (χ1) is 7.06. The largest absolute Gasteiger partial charge is 0.477 e. The van der Waals surface area contributed by atoms with Crippen molar-refractivity contribution < 1.29 is 20.1 Å². The van der Waals surface area contributed by atoms with Crippen molar-refractivity contribution >= 4 is 18.6 Å². The van der Waals surface area contributed by atoms with E-state index in [9.17, 15) is 15.0 Å². The second-order valence-corrected chi connectivity index (χ2v) is 3.34. The lowest BCUT2D eigenvalue weighted by Crippen LogP contribution is -2.20. The molecule has 0 spiro atoms. The normalized spacial score (nSPS) is 14.6. The van der Waals surface area contributed by atoms with E-state index in [4.69, 9.17) is 5.11 Å². The number of nitrogens with zero attached hydrogens (tertiary/aromatic N) is 1. The fourth-order valence-corrected chi connectivity index (χ4v) is 1.27. The highest BCUT2D eigenvalue weighted by molar-refractivity contribution is 7.80. The van der Waals surface area contributed by atoms with Crippen molar-refractivity contribution in [2.45, 2.75) is 12.2 Å². The number of aromatic nitrogens is 1. The van der Waals surface area contributed by atoms with Crippen molar-refractivity contribution in [3.05, 3.63) is 29.6 Å². The van der Waals surface area contributed by atoms with Crippen LogP contribution in [-0.2, 0) is 0 Å². The molecule has 1 heterocycles. The molecule has 0 aliphatic heterocycles. The van der Waals surface area contributed by atoms with Gasteiger partial charge in [-0.2, -0.15) is 12.6 Å². The zero-order valence-corrected chi connectivity index (χ0v) is 8.63. The van der Waals surface area contributed by atoms with Gasteiger partial charge in [-0.3, -0.25) is 0 Å². The first-order valence-electron chi connectivity index (χ1n) is 4.22. The number of carboxylic acid groups (broad SMARTS) is 1. The Bertz CT molecular complexity index is 358. The molecule has 3 N–H and O–H groups in total. The van der Waals surface area contributed by atoms with Gasteiger partial charge in [0.1, 0.15) is 11.8 Å². The number of pyridine rings is 1. The molecule has 1 rings (SSSR count). The molecule has 5 nitrogen and oxygen atoms in total. The predicted molar refractivity (Wildman–Crippen MR) is 56.0 cm³/mol. The third-order valence-electron chi connectivity index (χ3n) is 1.90. The highest BCUT2D eigenvalue weighted by Gasteiger charge is 2.18. The van der Waals surface area contributed by atoms with E-state index in [1.807, 2.05) is 0 Å². The minimum atomic E-state index is -1.18. The van der Waals surface area contributed by atoms with Crippen molar-refractivity contribution in [1.82, 2.24) is 4.98 Å². The third-order valence-corrected chi connectivity index (χ3v) is 2.27. The Kier molecular flexibility index (Phi) is 4.07. The summed E-state index contributed by atoms with van der Waals surface area (Å²) < 4.78 is 0. The van der Waals surface area contributed by atoms with Gasteiger partial charge in [0, 0.05) is 11.9 Å². The summed E-state index contributed by atoms with van der Waals surface area (Å²) in [5.74, 6) is -1.09. The van der Waals surface area contributed by atoms with E-state index < -0.39 is 18.2 Å². The Labute approximate surface area is 91.8 Å². The average molecular weight is 229 g/mol. The van der Waals surface area contributed by atoms with Crippen molar-refractivity contribution in [3.8, 4) is 0 Å². The second-order valence-electron chi connectivity index (χ2n) is 2.97. The molecule has 1 aromatic rings. The molecule has 15 heavy (non-hydrogen) atoms. The topological polar surface area (TPSA) is 90.7 Å².